The fourth-order valence-electron chi connectivity index (χ4n) is 2.23. The summed E-state index contributed by atoms with van der Waals surface area (Å²) >= 11 is 0. The molecule has 2 aromatic rings. The van der Waals surface area contributed by atoms with Crippen molar-refractivity contribution >= 4 is 0 Å². The SMILES string of the molecule is CNC(Cc1ccc(F)cc1F)c1cccc(OC)c1F. The highest BCUT2D eigenvalue weighted by Crippen LogP contribution is 2.27. The topological polar surface area (TPSA) is 21.3 Å². The highest BCUT2D eigenvalue weighted by atomic mass is 19.1. The molecule has 1 N–H and O–H groups in total. The molecule has 0 aliphatic carbocycles. The van der Waals surface area contributed by atoms with E-state index in [4.69, 9.17) is 4.74 Å². The molecule has 0 saturated heterocycles. The Kier molecular flexibility index (Phi) is 4.85. The van der Waals surface area contributed by atoms with Gasteiger partial charge in [-0.3, -0.25) is 0 Å². The lowest BCUT2D eigenvalue weighted by Crippen LogP contribution is -2.21. The number of nitrogens with one attached hydrogen (secondary N) is 1. The first kappa shape index (κ1) is 15.4. The maximum Gasteiger partial charge on any atom is 0.169 e. The third-order valence-electron chi connectivity index (χ3n) is 3.38. The Balaban J connectivity index is 2.32. The molecule has 112 valence electrons. The van der Waals surface area contributed by atoms with E-state index in [9.17, 15) is 13.2 Å². The number of halogens is 3. The summed E-state index contributed by atoms with van der Waals surface area (Å²) in [7, 11) is 3.04. The molecule has 1 unspecified atom stereocenters. The van der Waals surface area contributed by atoms with Crippen LogP contribution in [0.5, 0.6) is 5.75 Å². The normalized spacial score (nSPS) is 12.2. The molecule has 21 heavy (non-hydrogen) atoms. The van der Waals surface area contributed by atoms with Gasteiger partial charge in [-0.15, -0.1) is 0 Å². The maximum absolute atomic E-state index is 14.3. The van der Waals surface area contributed by atoms with E-state index in [1.807, 2.05) is 0 Å². The van der Waals surface area contributed by atoms with E-state index in [1.165, 1.54) is 25.3 Å². The van der Waals surface area contributed by atoms with E-state index in [-0.39, 0.29) is 12.2 Å². The fourth-order valence-corrected chi connectivity index (χ4v) is 2.23. The molecule has 0 radical (unpaired) electrons. The number of hydrogen-bond acceptors (Lipinski definition) is 2. The van der Waals surface area contributed by atoms with Gasteiger partial charge >= 0.3 is 0 Å². The standard InChI is InChI=1S/C16H16F3NO/c1-20-14(8-10-6-7-11(17)9-13(10)18)12-4-3-5-15(21-2)16(12)19/h3-7,9,14,20H,8H2,1-2H3. The monoisotopic (exact) mass is 295 g/mol. The average molecular weight is 295 g/mol. The van der Waals surface area contributed by atoms with Crippen LogP contribution < -0.4 is 10.1 Å². The van der Waals surface area contributed by atoms with E-state index >= 15 is 0 Å². The average Bonchev–Trinajstić information content (AvgIpc) is 2.47. The van der Waals surface area contributed by atoms with Crippen molar-refractivity contribution in [1.29, 1.82) is 0 Å². The Hall–Kier alpha value is -2.01. The van der Waals surface area contributed by atoms with Crippen LogP contribution in [0.2, 0.25) is 0 Å². The van der Waals surface area contributed by atoms with Crippen LogP contribution in [-0.4, -0.2) is 14.2 Å². The molecule has 5 heteroatoms. The fraction of sp³-hybridized carbons (Fsp3) is 0.250. The largest absolute Gasteiger partial charge is 0.494 e. The summed E-state index contributed by atoms with van der Waals surface area (Å²) in [5.74, 6) is -1.63. The summed E-state index contributed by atoms with van der Waals surface area (Å²) in [6.45, 7) is 0. The lowest BCUT2D eigenvalue weighted by Gasteiger charge is -2.19. The first-order chi connectivity index (χ1) is 10.1. The summed E-state index contributed by atoms with van der Waals surface area (Å²) in [6, 6.07) is 7.73. The van der Waals surface area contributed by atoms with Crippen molar-refractivity contribution in [2.45, 2.75) is 12.5 Å². The molecule has 2 rings (SSSR count). The molecule has 1 atom stereocenters. The smallest absolute Gasteiger partial charge is 0.169 e. The van der Waals surface area contributed by atoms with Crippen LogP contribution >= 0.6 is 0 Å². The highest BCUT2D eigenvalue weighted by Gasteiger charge is 2.19. The zero-order chi connectivity index (χ0) is 15.4. The summed E-state index contributed by atoms with van der Waals surface area (Å²) in [5.41, 5.74) is 0.693. The van der Waals surface area contributed by atoms with Crippen molar-refractivity contribution in [3.63, 3.8) is 0 Å². The second-order valence-corrected chi connectivity index (χ2v) is 4.64. The molecule has 0 saturated carbocycles. The Morgan fingerprint density at radius 3 is 2.52 bits per heavy atom. The zero-order valence-corrected chi connectivity index (χ0v) is 11.8. The minimum atomic E-state index is -0.640. The Labute approximate surface area is 121 Å². The third-order valence-corrected chi connectivity index (χ3v) is 3.38. The minimum Gasteiger partial charge on any atom is -0.494 e. The van der Waals surface area contributed by atoms with Crippen LogP contribution in [0.4, 0.5) is 13.2 Å². The van der Waals surface area contributed by atoms with Crippen molar-refractivity contribution in [3.8, 4) is 5.75 Å². The number of likely N-dealkylation sites (N-methyl/N-ethyl adjacent to an activating group) is 1. The predicted molar refractivity (Wildman–Crippen MR) is 74.8 cm³/mol. The van der Waals surface area contributed by atoms with Gasteiger partial charge in [0.15, 0.2) is 11.6 Å². The van der Waals surface area contributed by atoms with Crippen molar-refractivity contribution < 1.29 is 17.9 Å². The summed E-state index contributed by atoms with van der Waals surface area (Å²) in [4.78, 5) is 0. The number of rotatable bonds is 5. The number of hydrogen-bond donors (Lipinski definition) is 1. The molecule has 0 bridgehead atoms. The summed E-state index contributed by atoms with van der Waals surface area (Å²) in [5, 5.41) is 2.94. The quantitative estimate of drug-likeness (QED) is 0.909. The first-order valence-corrected chi connectivity index (χ1v) is 6.50. The van der Waals surface area contributed by atoms with Crippen LogP contribution in [0.1, 0.15) is 17.2 Å². The maximum atomic E-state index is 14.3. The van der Waals surface area contributed by atoms with E-state index < -0.39 is 23.5 Å². The van der Waals surface area contributed by atoms with Gasteiger partial charge in [0, 0.05) is 17.7 Å². The van der Waals surface area contributed by atoms with Crippen molar-refractivity contribution in [2.75, 3.05) is 14.2 Å². The van der Waals surface area contributed by atoms with E-state index in [2.05, 4.69) is 5.32 Å². The van der Waals surface area contributed by atoms with Crippen LogP contribution in [0.25, 0.3) is 0 Å². The molecule has 0 heterocycles. The number of ether oxygens (including phenoxy) is 1. The van der Waals surface area contributed by atoms with Crippen molar-refractivity contribution in [1.82, 2.24) is 5.32 Å². The first-order valence-electron chi connectivity index (χ1n) is 6.50. The van der Waals surface area contributed by atoms with Gasteiger partial charge < -0.3 is 10.1 Å². The minimum absolute atomic E-state index is 0.132. The van der Waals surface area contributed by atoms with Gasteiger partial charge in [-0.2, -0.15) is 0 Å². The van der Waals surface area contributed by atoms with Crippen molar-refractivity contribution in [2.24, 2.45) is 0 Å². The van der Waals surface area contributed by atoms with Crippen LogP contribution in [0.15, 0.2) is 36.4 Å². The van der Waals surface area contributed by atoms with E-state index in [1.54, 1.807) is 19.2 Å². The van der Waals surface area contributed by atoms with Crippen LogP contribution in [-0.2, 0) is 6.42 Å². The Morgan fingerprint density at radius 1 is 1.14 bits per heavy atom. The van der Waals surface area contributed by atoms with E-state index in [0.29, 0.717) is 11.1 Å². The van der Waals surface area contributed by atoms with Gasteiger partial charge in [0.05, 0.1) is 7.11 Å². The molecule has 0 aliphatic rings. The Bertz CT molecular complexity index is 631. The Morgan fingerprint density at radius 2 is 1.90 bits per heavy atom. The van der Waals surface area contributed by atoms with Gasteiger partial charge in [-0.25, -0.2) is 13.2 Å². The highest BCUT2D eigenvalue weighted by molar-refractivity contribution is 5.34. The van der Waals surface area contributed by atoms with Gasteiger partial charge in [0.25, 0.3) is 0 Å². The molecule has 0 amide bonds. The summed E-state index contributed by atoms with van der Waals surface area (Å²) in [6.07, 6.45) is 0.201. The van der Waals surface area contributed by atoms with Gasteiger partial charge in [-0.1, -0.05) is 18.2 Å². The van der Waals surface area contributed by atoms with Crippen LogP contribution in [0, 0.1) is 17.5 Å². The molecule has 2 nitrogen and oxygen atoms in total. The summed E-state index contributed by atoms with van der Waals surface area (Å²) < 4.78 is 45.8. The molecule has 0 fully saturated rings. The van der Waals surface area contributed by atoms with Gasteiger partial charge in [-0.05, 0) is 31.2 Å². The van der Waals surface area contributed by atoms with Crippen molar-refractivity contribution in [3.05, 3.63) is 65.0 Å². The number of methoxy groups -OCH3 is 1. The van der Waals surface area contributed by atoms with E-state index in [0.717, 1.165) is 6.07 Å². The van der Waals surface area contributed by atoms with Crippen LogP contribution in [0.3, 0.4) is 0 Å². The molecule has 0 spiro atoms. The van der Waals surface area contributed by atoms with Gasteiger partial charge in [0.1, 0.15) is 11.6 Å². The predicted octanol–water partition coefficient (Wildman–Crippen LogP) is 3.62. The molecular weight excluding hydrogens is 279 g/mol. The molecule has 2 aromatic carbocycles. The molecule has 0 aliphatic heterocycles. The number of benzene rings is 2. The second-order valence-electron chi connectivity index (χ2n) is 4.64. The molecule has 0 aromatic heterocycles. The second kappa shape index (κ2) is 6.63. The lowest BCUT2D eigenvalue weighted by molar-refractivity contribution is 0.380. The third kappa shape index (κ3) is 3.36. The lowest BCUT2D eigenvalue weighted by atomic mass is 9.98. The molecular formula is C16H16F3NO. The van der Waals surface area contributed by atoms with Gasteiger partial charge in [0.2, 0.25) is 0 Å². The zero-order valence-electron chi connectivity index (χ0n) is 11.8.